The Bertz CT molecular complexity index is 465. The van der Waals surface area contributed by atoms with E-state index in [1.54, 1.807) is 18.2 Å². The molecule has 1 aromatic rings. The Hall–Kier alpha value is -2.17. The summed E-state index contributed by atoms with van der Waals surface area (Å²) in [4.78, 5) is 21.4. The summed E-state index contributed by atoms with van der Waals surface area (Å²) in [5.74, 6) is -0.0598. The molecule has 0 radical (unpaired) electrons. The molecule has 5 heteroatoms. The normalized spacial score (nSPS) is 12.3. The van der Waals surface area contributed by atoms with Crippen molar-refractivity contribution in [1.29, 1.82) is 0 Å². The highest BCUT2D eigenvalue weighted by molar-refractivity contribution is 5.87. The number of carbonyl (C=O) groups is 1. The fraction of sp³-hybridized carbons (Fsp3) is 0.357. The maximum Gasteiger partial charge on any atom is 0.330 e. The molecule has 1 rings (SSSR count). The van der Waals surface area contributed by atoms with Crippen LogP contribution in [0.1, 0.15) is 25.8 Å². The van der Waals surface area contributed by atoms with Gasteiger partial charge in [0.15, 0.2) is 0 Å². The highest BCUT2D eigenvalue weighted by atomic mass is 16.6. The maximum absolute atomic E-state index is 11.4. The van der Waals surface area contributed by atoms with Crippen molar-refractivity contribution in [2.75, 3.05) is 6.61 Å². The summed E-state index contributed by atoms with van der Waals surface area (Å²) in [6.45, 7) is 4.44. The van der Waals surface area contributed by atoms with Crippen molar-refractivity contribution in [2.24, 2.45) is 5.92 Å². The molecular weight excluding hydrogens is 246 g/mol. The van der Waals surface area contributed by atoms with E-state index in [1.807, 2.05) is 13.8 Å². The van der Waals surface area contributed by atoms with E-state index in [1.165, 1.54) is 18.2 Å². The average Bonchev–Trinajstić information content (AvgIpc) is 2.42. The number of hydrogen-bond donors (Lipinski definition) is 0. The summed E-state index contributed by atoms with van der Waals surface area (Å²) in [5, 5.41) is 10.5. The number of nitro groups is 1. The first-order valence-electron chi connectivity index (χ1n) is 6.12. The van der Waals surface area contributed by atoms with Gasteiger partial charge in [0.25, 0.3) is 5.69 Å². The van der Waals surface area contributed by atoms with Crippen LogP contribution in [0.5, 0.6) is 0 Å². The predicted molar refractivity (Wildman–Crippen MR) is 72.5 cm³/mol. The molecule has 19 heavy (non-hydrogen) atoms. The second kappa shape index (κ2) is 7.31. The summed E-state index contributed by atoms with van der Waals surface area (Å²) in [7, 11) is 0. The molecule has 0 N–H and O–H groups in total. The molecule has 0 bridgehead atoms. The van der Waals surface area contributed by atoms with Crippen LogP contribution < -0.4 is 0 Å². The van der Waals surface area contributed by atoms with Crippen molar-refractivity contribution in [1.82, 2.24) is 0 Å². The predicted octanol–water partition coefficient (Wildman–Crippen LogP) is 3.20. The van der Waals surface area contributed by atoms with Crippen molar-refractivity contribution >= 4 is 17.7 Å². The molecule has 0 saturated carbocycles. The molecule has 0 saturated heterocycles. The highest BCUT2D eigenvalue weighted by Gasteiger charge is 2.04. The molecular formula is C14H17NO4. The lowest BCUT2D eigenvalue weighted by Crippen LogP contribution is -2.08. The molecule has 0 aromatic heterocycles. The Morgan fingerprint density at radius 1 is 1.42 bits per heavy atom. The van der Waals surface area contributed by atoms with Crippen LogP contribution in [0, 0.1) is 16.0 Å². The van der Waals surface area contributed by atoms with E-state index in [9.17, 15) is 14.9 Å². The molecule has 0 fully saturated rings. The summed E-state index contributed by atoms with van der Waals surface area (Å²) >= 11 is 0. The van der Waals surface area contributed by atoms with Gasteiger partial charge in [0.1, 0.15) is 0 Å². The Balaban J connectivity index is 2.51. The van der Waals surface area contributed by atoms with Crippen LogP contribution in [0.3, 0.4) is 0 Å². The fourth-order valence-corrected chi connectivity index (χ4v) is 1.26. The van der Waals surface area contributed by atoms with Crippen LogP contribution in [0.2, 0.25) is 0 Å². The second-order valence-electron chi connectivity index (χ2n) is 4.33. The van der Waals surface area contributed by atoms with Gasteiger partial charge in [-0.05, 0) is 29.7 Å². The number of esters is 1. The molecule has 0 aliphatic rings. The Kier molecular flexibility index (Phi) is 5.73. The molecule has 1 unspecified atom stereocenters. The van der Waals surface area contributed by atoms with Crippen LogP contribution in [0.4, 0.5) is 5.69 Å². The number of hydrogen-bond acceptors (Lipinski definition) is 4. The lowest BCUT2D eigenvalue weighted by Gasteiger charge is -2.07. The van der Waals surface area contributed by atoms with Crippen LogP contribution in [-0.2, 0) is 9.53 Å². The number of carbonyl (C=O) groups excluding carboxylic acids is 1. The standard InChI is InChI=1S/C14H17NO4/c1-3-11(2)10-19-14(16)9-6-12-4-7-13(8-5-12)15(17)18/h4-9,11H,3,10H2,1-2H3. The zero-order valence-electron chi connectivity index (χ0n) is 11.0. The first-order chi connectivity index (χ1) is 9.02. The molecule has 0 spiro atoms. The minimum Gasteiger partial charge on any atom is -0.462 e. The number of benzene rings is 1. The van der Waals surface area contributed by atoms with Crippen LogP contribution >= 0.6 is 0 Å². The van der Waals surface area contributed by atoms with Crippen LogP contribution in [0.15, 0.2) is 30.3 Å². The lowest BCUT2D eigenvalue weighted by atomic mass is 10.1. The van der Waals surface area contributed by atoms with Crippen molar-refractivity contribution in [3.8, 4) is 0 Å². The molecule has 0 amide bonds. The van der Waals surface area contributed by atoms with Gasteiger partial charge in [0, 0.05) is 18.2 Å². The van der Waals surface area contributed by atoms with E-state index in [2.05, 4.69) is 0 Å². The molecule has 102 valence electrons. The number of ether oxygens (including phenoxy) is 1. The second-order valence-corrected chi connectivity index (χ2v) is 4.33. The van der Waals surface area contributed by atoms with Gasteiger partial charge in [-0.1, -0.05) is 20.3 Å². The first-order valence-corrected chi connectivity index (χ1v) is 6.12. The third-order valence-corrected chi connectivity index (χ3v) is 2.72. The van der Waals surface area contributed by atoms with E-state index in [0.29, 0.717) is 18.1 Å². The van der Waals surface area contributed by atoms with Gasteiger partial charge in [-0.2, -0.15) is 0 Å². The van der Waals surface area contributed by atoms with E-state index in [-0.39, 0.29) is 5.69 Å². The van der Waals surface area contributed by atoms with E-state index in [0.717, 1.165) is 6.42 Å². The summed E-state index contributed by atoms with van der Waals surface area (Å²) in [6.07, 6.45) is 3.85. The molecule has 0 heterocycles. The van der Waals surface area contributed by atoms with Crippen LogP contribution in [-0.4, -0.2) is 17.5 Å². The van der Waals surface area contributed by atoms with Gasteiger partial charge in [-0.15, -0.1) is 0 Å². The summed E-state index contributed by atoms with van der Waals surface area (Å²) in [6, 6.07) is 5.95. The smallest absolute Gasteiger partial charge is 0.330 e. The molecule has 1 aromatic carbocycles. The van der Waals surface area contributed by atoms with Gasteiger partial charge >= 0.3 is 5.97 Å². The Morgan fingerprint density at radius 2 is 2.05 bits per heavy atom. The molecule has 0 aliphatic carbocycles. The SMILES string of the molecule is CCC(C)COC(=O)C=Cc1ccc([N+](=O)[O-])cc1. The van der Waals surface area contributed by atoms with Crippen molar-refractivity contribution in [3.63, 3.8) is 0 Å². The number of nitrogens with zero attached hydrogens (tertiary/aromatic N) is 1. The monoisotopic (exact) mass is 263 g/mol. The van der Waals surface area contributed by atoms with E-state index in [4.69, 9.17) is 4.74 Å². The topological polar surface area (TPSA) is 69.4 Å². The molecule has 1 atom stereocenters. The maximum atomic E-state index is 11.4. The number of non-ortho nitro benzene ring substituents is 1. The zero-order valence-corrected chi connectivity index (χ0v) is 11.0. The van der Waals surface area contributed by atoms with Crippen molar-refractivity contribution < 1.29 is 14.5 Å². The molecule has 0 aliphatic heterocycles. The summed E-state index contributed by atoms with van der Waals surface area (Å²) < 4.78 is 5.04. The van der Waals surface area contributed by atoms with Crippen molar-refractivity contribution in [3.05, 3.63) is 46.0 Å². The van der Waals surface area contributed by atoms with E-state index < -0.39 is 10.9 Å². The first kappa shape index (κ1) is 14.9. The highest BCUT2D eigenvalue weighted by Crippen LogP contribution is 2.12. The number of nitro benzene ring substituents is 1. The Morgan fingerprint density at radius 3 is 2.58 bits per heavy atom. The average molecular weight is 263 g/mol. The third kappa shape index (κ3) is 5.33. The van der Waals surface area contributed by atoms with Gasteiger partial charge in [0.2, 0.25) is 0 Å². The van der Waals surface area contributed by atoms with E-state index >= 15 is 0 Å². The minimum absolute atomic E-state index is 0.0245. The number of rotatable bonds is 6. The zero-order chi connectivity index (χ0) is 14.3. The minimum atomic E-state index is -0.464. The lowest BCUT2D eigenvalue weighted by molar-refractivity contribution is -0.384. The van der Waals surface area contributed by atoms with Gasteiger partial charge in [-0.3, -0.25) is 10.1 Å². The third-order valence-electron chi connectivity index (χ3n) is 2.72. The quantitative estimate of drug-likeness (QED) is 0.342. The van der Waals surface area contributed by atoms with Gasteiger partial charge in [0.05, 0.1) is 11.5 Å². The Labute approximate surface area is 112 Å². The molecule has 5 nitrogen and oxygen atoms in total. The summed E-state index contributed by atoms with van der Waals surface area (Å²) in [5.41, 5.74) is 0.739. The van der Waals surface area contributed by atoms with Gasteiger partial charge in [-0.25, -0.2) is 4.79 Å². The van der Waals surface area contributed by atoms with Gasteiger partial charge < -0.3 is 4.74 Å². The largest absolute Gasteiger partial charge is 0.462 e. The van der Waals surface area contributed by atoms with Crippen LogP contribution in [0.25, 0.3) is 6.08 Å². The fourth-order valence-electron chi connectivity index (χ4n) is 1.26. The van der Waals surface area contributed by atoms with Crippen molar-refractivity contribution in [2.45, 2.75) is 20.3 Å².